The number of ether oxygens (including phenoxy) is 2. The molecular formula is C21H34O5. The van der Waals surface area contributed by atoms with E-state index in [9.17, 15) is 14.7 Å². The third kappa shape index (κ3) is 5.57. The van der Waals surface area contributed by atoms with Crippen LogP contribution in [0.4, 0.5) is 0 Å². The van der Waals surface area contributed by atoms with Crippen LogP contribution in [0, 0.1) is 11.8 Å². The molecule has 2 fully saturated rings. The minimum Gasteiger partial charge on any atom is -0.461 e. The molecule has 1 aliphatic heterocycles. The van der Waals surface area contributed by atoms with E-state index in [1.165, 1.54) is 6.42 Å². The molecule has 0 amide bonds. The van der Waals surface area contributed by atoms with Crippen molar-refractivity contribution in [1.82, 2.24) is 0 Å². The maximum absolute atomic E-state index is 12.3. The van der Waals surface area contributed by atoms with Crippen molar-refractivity contribution in [2.45, 2.75) is 83.7 Å². The van der Waals surface area contributed by atoms with Crippen LogP contribution < -0.4 is 0 Å². The number of cyclic esters (lactones) is 1. The van der Waals surface area contributed by atoms with E-state index in [0.717, 1.165) is 51.4 Å². The standard InChI is InChI=1S/C21H34O5/c1-3-5-9-16(4-2)12-18-13-21(14-22,26-20(18)24)15-25-19(23)17-10-7-6-8-11-17/h12,16-17,22H,3-11,13-15H2,1-2H3/b18-12+. The summed E-state index contributed by atoms with van der Waals surface area (Å²) in [7, 11) is 0. The van der Waals surface area contributed by atoms with Crippen LogP contribution in [-0.4, -0.2) is 35.9 Å². The molecule has 2 atom stereocenters. The number of carbonyl (C=O) groups is 2. The van der Waals surface area contributed by atoms with Gasteiger partial charge in [0.15, 0.2) is 5.60 Å². The topological polar surface area (TPSA) is 72.8 Å². The van der Waals surface area contributed by atoms with E-state index >= 15 is 0 Å². The molecule has 148 valence electrons. The number of hydrogen-bond acceptors (Lipinski definition) is 5. The molecule has 1 saturated heterocycles. The zero-order chi connectivity index (χ0) is 19.0. The first-order chi connectivity index (χ1) is 12.5. The molecule has 1 saturated carbocycles. The van der Waals surface area contributed by atoms with Gasteiger partial charge in [0.05, 0.1) is 12.5 Å². The van der Waals surface area contributed by atoms with Crippen molar-refractivity contribution in [2.75, 3.05) is 13.2 Å². The van der Waals surface area contributed by atoms with E-state index in [2.05, 4.69) is 13.8 Å². The van der Waals surface area contributed by atoms with Crippen molar-refractivity contribution in [1.29, 1.82) is 0 Å². The third-order valence-electron chi connectivity index (χ3n) is 5.68. The summed E-state index contributed by atoms with van der Waals surface area (Å²) in [5.74, 6) is -0.315. The van der Waals surface area contributed by atoms with Gasteiger partial charge in [-0.05, 0) is 31.6 Å². The predicted molar refractivity (Wildman–Crippen MR) is 99.4 cm³/mol. The van der Waals surface area contributed by atoms with Crippen LogP contribution >= 0.6 is 0 Å². The summed E-state index contributed by atoms with van der Waals surface area (Å²) in [6.07, 6.45) is 11.6. The number of carbonyl (C=O) groups excluding carboxylic acids is 2. The Labute approximate surface area is 157 Å². The molecule has 5 nitrogen and oxygen atoms in total. The van der Waals surface area contributed by atoms with Crippen LogP contribution in [0.25, 0.3) is 0 Å². The van der Waals surface area contributed by atoms with Crippen molar-refractivity contribution >= 4 is 11.9 Å². The zero-order valence-corrected chi connectivity index (χ0v) is 16.3. The van der Waals surface area contributed by atoms with Gasteiger partial charge in [-0.3, -0.25) is 4.79 Å². The number of esters is 2. The molecule has 0 aromatic rings. The molecule has 1 N–H and O–H groups in total. The van der Waals surface area contributed by atoms with Crippen LogP contribution in [0.15, 0.2) is 11.6 Å². The van der Waals surface area contributed by atoms with Crippen molar-refractivity contribution in [2.24, 2.45) is 11.8 Å². The van der Waals surface area contributed by atoms with Crippen LogP contribution in [0.3, 0.4) is 0 Å². The molecular weight excluding hydrogens is 332 g/mol. The fourth-order valence-corrected chi connectivity index (χ4v) is 3.87. The lowest BCUT2D eigenvalue weighted by molar-refractivity contribution is -0.169. The number of allylic oxidation sites excluding steroid dienone is 1. The Bertz CT molecular complexity index is 507. The lowest BCUT2D eigenvalue weighted by Gasteiger charge is -2.26. The summed E-state index contributed by atoms with van der Waals surface area (Å²) in [4.78, 5) is 24.5. The van der Waals surface area contributed by atoms with Gasteiger partial charge in [-0.1, -0.05) is 52.0 Å². The van der Waals surface area contributed by atoms with Crippen LogP contribution in [0.1, 0.15) is 78.1 Å². The number of rotatable bonds is 9. The van der Waals surface area contributed by atoms with Gasteiger partial charge in [0.1, 0.15) is 6.61 Å². The Hall–Kier alpha value is -1.36. The number of unbranched alkanes of at least 4 members (excludes halogenated alkanes) is 1. The SMILES string of the molecule is CCCCC(/C=C1\CC(CO)(COC(=O)C2CCCCC2)OC1=O)CC. The average molecular weight is 366 g/mol. The first-order valence-electron chi connectivity index (χ1n) is 10.2. The lowest BCUT2D eigenvalue weighted by atomic mass is 9.89. The summed E-state index contributed by atoms with van der Waals surface area (Å²) in [5, 5.41) is 9.81. The molecule has 0 aromatic heterocycles. The summed E-state index contributed by atoms with van der Waals surface area (Å²) in [5.41, 5.74) is -0.508. The molecule has 0 spiro atoms. The van der Waals surface area contributed by atoms with Crippen LogP contribution in [0.2, 0.25) is 0 Å². The molecule has 1 heterocycles. The molecule has 2 unspecified atom stereocenters. The maximum Gasteiger partial charge on any atom is 0.334 e. The Balaban J connectivity index is 1.95. The lowest BCUT2D eigenvalue weighted by Crippen LogP contribution is -2.40. The predicted octanol–water partition coefficient (Wildman–Crippen LogP) is 3.93. The maximum atomic E-state index is 12.3. The molecule has 5 heteroatoms. The first kappa shape index (κ1) is 20.9. The number of aliphatic hydroxyl groups is 1. The average Bonchev–Trinajstić information content (AvgIpc) is 2.99. The highest BCUT2D eigenvalue weighted by Gasteiger charge is 2.45. The molecule has 26 heavy (non-hydrogen) atoms. The minimum atomic E-state index is -1.11. The summed E-state index contributed by atoms with van der Waals surface area (Å²) in [6, 6.07) is 0. The zero-order valence-electron chi connectivity index (χ0n) is 16.3. The van der Waals surface area contributed by atoms with E-state index in [4.69, 9.17) is 9.47 Å². The van der Waals surface area contributed by atoms with E-state index in [0.29, 0.717) is 17.9 Å². The molecule has 2 aliphatic rings. The van der Waals surface area contributed by atoms with Gasteiger partial charge < -0.3 is 14.6 Å². The smallest absolute Gasteiger partial charge is 0.334 e. The second-order valence-electron chi connectivity index (χ2n) is 7.85. The third-order valence-corrected chi connectivity index (χ3v) is 5.68. The molecule has 0 aromatic carbocycles. The van der Waals surface area contributed by atoms with E-state index in [-0.39, 0.29) is 31.1 Å². The van der Waals surface area contributed by atoms with Gasteiger partial charge in [0.25, 0.3) is 0 Å². The monoisotopic (exact) mass is 366 g/mol. The Kier molecular flexibility index (Phi) is 8.14. The first-order valence-corrected chi connectivity index (χ1v) is 10.2. The van der Waals surface area contributed by atoms with Gasteiger partial charge in [0.2, 0.25) is 0 Å². The van der Waals surface area contributed by atoms with Crippen molar-refractivity contribution in [3.63, 3.8) is 0 Å². The fraction of sp³-hybridized carbons (Fsp3) is 0.810. The van der Waals surface area contributed by atoms with Gasteiger partial charge in [-0.2, -0.15) is 0 Å². The summed E-state index contributed by atoms with van der Waals surface area (Å²) in [6.45, 7) is 3.87. The highest BCUT2D eigenvalue weighted by Crippen LogP contribution is 2.33. The number of aliphatic hydroxyl groups excluding tert-OH is 1. The molecule has 2 rings (SSSR count). The molecule has 1 aliphatic carbocycles. The van der Waals surface area contributed by atoms with Crippen LogP contribution in [-0.2, 0) is 19.1 Å². The number of hydrogen-bond donors (Lipinski definition) is 1. The highest BCUT2D eigenvalue weighted by atomic mass is 16.6. The van der Waals surface area contributed by atoms with Crippen molar-refractivity contribution < 1.29 is 24.2 Å². The van der Waals surface area contributed by atoms with Crippen LogP contribution in [0.5, 0.6) is 0 Å². The Morgan fingerprint density at radius 2 is 2.08 bits per heavy atom. The largest absolute Gasteiger partial charge is 0.461 e. The van der Waals surface area contributed by atoms with E-state index in [1.54, 1.807) is 0 Å². The molecule has 0 radical (unpaired) electrons. The quantitative estimate of drug-likeness (QED) is 0.494. The second kappa shape index (κ2) is 10.1. The van der Waals surface area contributed by atoms with Crippen molar-refractivity contribution in [3.05, 3.63) is 11.6 Å². The summed E-state index contributed by atoms with van der Waals surface area (Å²) < 4.78 is 10.9. The van der Waals surface area contributed by atoms with Gasteiger partial charge >= 0.3 is 11.9 Å². The summed E-state index contributed by atoms with van der Waals surface area (Å²) >= 11 is 0. The molecule has 0 bridgehead atoms. The normalized spacial score (nSPS) is 26.7. The fourth-order valence-electron chi connectivity index (χ4n) is 3.87. The Morgan fingerprint density at radius 3 is 2.69 bits per heavy atom. The van der Waals surface area contributed by atoms with Gasteiger partial charge in [-0.15, -0.1) is 0 Å². The second-order valence-corrected chi connectivity index (χ2v) is 7.85. The van der Waals surface area contributed by atoms with E-state index < -0.39 is 5.60 Å². The van der Waals surface area contributed by atoms with Gasteiger partial charge in [-0.25, -0.2) is 4.79 Å². The highest BCUT2D eigenvalue weighted by molar-refractivity contribution is 5.91. The van der Waals surface area contributed by atoms with E-state index in [1.807, 2.05) is 6.08 Å². The minimum absolute atomic E-state index is 0.0508. The van der Waals surface area contributed by atoms with Crippen molar-refractivity contribution in [3.8, 4) is 0 Å². The van der Waals surface area contributed by atoms with Gasteiger partial charge in [0, 0.05) is 12.0 Å². The Morgan fingerprint density at radius 1 is 1.35 bits per heavy atom.